The van der Waals surface area contributed by atoms with Crippen molar-refractivity contribution >= 4 is 0 Å². The monoisotopic (exact) mass is 198 g/mol. The molecule has 82 valence electrons. The zero-order chi connectivity index (χ0) is 10.1. The first-order valence-electron chi connectivity index (χ1n) is 6.15. The normalized spacial score (nSPS) is 49.5. The Morgan fingerprint density at radius 3 is 1.50 bits per heavy atom. The Labute approximate surface area is 87.0 Å². The van der Waals surface area contributed by atoms with Crippen molar-refractivity contribution in [3.8, 4) is 0 Å². The molecule has 1 aliphatic heterocycles. The number of hydrogen-bond donors (Lipinski definition) is 0. The summed E-state index contributed by atoms with van der Waals surface area (Å²) in [5.74, 6) is 1.62. The number of ether oxygens (including phenoxy) is 2. The van der Waals surface area contributed by atoms with Crippen molar-refractivity contribution in [2.45, 2.75) is 65.0 Å². The minimum atomic E-state index is 0.0567. The molecule has 4 rings (SSSR count). The van der Waals surface area contributed by atoms with Gasteiger partial charge in [-0.2, -0.15) is 0 Å². The van der Waals surface area contributed by atoms with Gasteiger partial charge < -0.3 is 9.47 Å². The van der Waals surface area contributed by atoms with Crippen LogP contribution in [0.15, 0.2) is 0 Å². The van der Waals surface area contributed by atoms with Crippen molar-refractivity contribution in [3.63, 3.8) is 0 Å². The topological polar surface area (TPSA) is 18.5 Å². The molecular formula is C12H22O2. The van der Waals surface area contributed by atoms with Crippen LogP contribution in [0.4, 0.5) is 0 Å². The predicted octanol–water partition coefficient (Wildman–Crippen LogP) is 2.96. The third-order valence-electron chi connectivity index (χ3n) is 3.77. The van der Waals surface area contributed by atoms with Crippen LogP contribution in [0, 0.1) is 11.8 Å². The zero-order valence-electron chi connectivity index (χ0n) is 9.53. The van der Waals surface area contributed by atoms with Crippen LogP contribution in [-0.4, -0.2) is 18.5 Å². The Kier molecular flexibility index (Phi) is 3.13. The SMILES string of the molecule is CC.CC1OC2C3CCC(CC3)C2O1. The van der Waals surface area contributed by atoms with Gasteiger partial charge in [-0.1, -0.05) is 13.8 Å². The maximum atomic E-state index is 5.78. The highest BCUT2D eigenvalue weighted by atomic mass is 16.7. The van der Waals surface area contributed by atoms with Crippen LogP contribution in [0.3, 0.4) is 0 Å². The van der Waals surface area contributed by atoms with E-state index in [4.69, 9.17) is 9.47 Å². The Morgan fingerprint density at radius 2 is 1.14 bits per heavy atom. The highest BCUT2D eigenvalue weighted by Crippen LogP contribution is 2.47. The van der Waals surface area contributed by atoms with E-state index in [9.17, 15) is 0 Å². The van der Waals surface area contributed by atoms with Gasteiger partial charge in [0.1, 0.15) is 0 Å². The van der Waals surface area contributed by atoms with Crippen molar-refractivity contribution in [3.05, 3.63) is 0 Å². The molecule has 14 heavy (non-hydrogen) atoms. The van der Waals surface area contributed by atoms with E-state index in [1.165, 1.54) is 25.7 Å². The molecule has 3 saturated carbocycles. The number of rotatable bonds is 0. The van der Waals surface area contributed by atoms with E-state index in [1.54, 1.807) is 0 Å². The second-order valence-corrected chi connectivity index (χ2v) is 4.44. The average molecular weight is 198 g/mol. The molecule has 0 N–H and O–H groups in total. The molecule has 2 atom stereocenters. The van der Waals surface area contributed by atoms with Crippen LogP contribution < -0.4 is 0 Å². The maximum absolute atomic E-state index is 5.78. The van der Waals surface area contributed by atoms with Crippen molar-refractivity contribution in [1.82, 2.24) is 0 Å². The van der Waals surface area contributed by atoms with Gasteiger partial charge >= 0.3 is 0 Å². The summed E-state index contributed by atoms with van der Waals surface area (Å²) in [6, 6.07) is 0. The summed E-state index contributed by atoms with van der Waals surface area (Å²) in [5.41, 5.74) is 0. The quantitative estimate of drug-likeness (QED) is 0.596. The number of fused-ring (bicyclic) bond motifs is 2. The van der Waals surface area contributed by atoms with Crippen LogP contribution >= 0.6 is 0 Å². The lowest BCUT2D eigenvalue weighted by Gasteiger charge is -2.43. The smallest absolute Gasteiger partial charge is 0.155 e. The lowest BCUT2D eigenvalue weighted by atomic mass is 9.67. The van der Waals surface area contributed by atoms with Crippen molar-refractivity contribution in [1.29, 1.82) is 0 Å². The molecule has 2 unspecified atom stereocenters. The Hall–Kier alpha value is -0.0800. The van der Waals surface area contributed by atoms with Crippen LogP contribution in [0.1, 0.15) is 46.5 Å². The molecule has 4 aliphatic rings. The van der Waals surface area contributed by atoms with Gasteiger partial charge in [0.05, 0.1) is 12.2 Å². The van der Waals surface area contributed by atoms with E-state index in [0.29, 0.717) is 12.2 Å². The fourth-order valence-corrected chi connectivity index (χ4v) is 3.19. The first-order valence-corrected chi connectivity index (χ1v) is 6.15. The third kappa shape index (κ3) is 1.59. The Morgan fingerprint density at radius 1 is 0.786 bits per heavy atom. The third-order valence-corrected chi connectivity index (χ3v) is 3.77. The van der Waals surface area contributed by atoms with E-state index in [0.717, 1.165) is 11.8 Å². The van der Waals surface area contributed by atoms with Gasteiger partial charge in [-0.25, -0.2) is 0 Å². The minimum absolute atomic E-state index is 0.0567. The largest absolute Gasteiger partial charge is 0.347 e. The van der Waals surface area contributed by atoms with Gasteiger partial charge in [0.2, 0.25) is 0 Å². The van der Waals surface area contributed by atoms with Gasteiger partial charge in [0.15, 0.2) is 6.29 Å². The summed E-state index contributed by atoms with van der Waals surface area (Å²) in [4.78, 5) is 0. The van der Waals surface area contributed by atoms with Crippen LogP contribution in [0.5, 0.6) is 0 Å². The fourth-order valence-electron chi connectivity index (χ4n) is 3.19. The van der Waals surface area contributed by atoms with Crippen LogP contribution in [0.25, 0.3) is 0 Å². The predicted molar refractivity (Wildman–Crippen MR) is 56.0 cm³/mol. The highest BCUT2D eigenvalue weighted by Gasteiger charge is 2.49. The second-order valence-electron chi connectivity index (χ2n) is 4.44. The van der Waals surface area contributed by atoms with Gasteiger partial charge in [-0.3, -0.25) is 0 Å². The zero-order valence-corrected chi connectivity index (χ0v) is 9.53. The first kappa shape index (κ1) is 10.4. The molecule has 4 fully saturated rings. The maximum Gasteiger partial charge on any atom is 0.155 e. The summed E-state index contributed by atoms with van der Waals surface area (Å²) >= 11 is 0. The summed E-state index contributed by atoms with van der Waals surface area (Å²) in [6.07, 6.45) is 6.47. The molecule has 2 nitrogen and oxygen atoms in total. The van der Waals surface area contributed by atoms with Crippen LogP contribution in [0.2, 0.25) is 0 Å². The van der Waals surface area contributed by atoms with E-state index in [2.05, 4.69) is 0 Å². The second kappa shape index (κ2) is 4.19. The Balaban J connectivity index is 0.000000354. The van der Waals surface area contributed by atoms with Crippen molar-refractivity contribution < 1.29 is 9.47 Å². The molecule has 1 saturated heterocycles. The van der Waals surface area contributed by atoms with E-state index in [1.807, 2.05) is 20.8 Å². The molecule has 2 bridgehead atoms. The van der Waals surface area contributed by atoms with Gasteiger partial charge in [0.25, 0.3) is 0 Å². The van der Waals surface area contributed by atoms with Gasteiger partial charge in [0, 0.05) is 0 Å². The van der Waals surface area contributed by atoms with Gasteiger partial charge in [-0.05, 0) is 44.4 Å². The average Bonchev–Trinajstić information content (AvgIpc) is 2.66. The minimum Gasteiger partial charge on any atom is -0.347 e. The summed E-state index contributed by atoms with van der Waals surface area (Å²) in [5, 5.41) is 0. The highest BCUT2D eigenvalue weighted by molar-refractivity contribution is 4.97. The lowest BCUT2D eigenvalue weighted by molar-refractivity contribution is -0.0547. The molecule has 0 radical (unpaired) electrons. The van der Waals surface area contributed by atoms with E-state index < -0.39 is 0 Å². The molecule has 2 heteroatoms. The molecular weight excluding hydrogens is 176 g/mol. The summed E-state index contributed by atoms with van der Waals surface area (Å²) < 4.78 is 11.6. The standard InChI is InChI=1S/C10H16O2.C2H6/c1-6-11-9-7-2-3-8(5-4-7)10(9)12-6;1-2/h6-10H,2-5H2,1H3;1-2H3. The summed E-state index contributed by atoms with van der Waals surface area (Å²) in [6.45, 7) is 6.03. The van der Waals surface area contributed by atoms with Crippen LogP contribution in [-0.2, 0) is 9.47 Å². The molecule has 0 aromatic rings. The molecule has 0 spiro atoms. The summed E-state index contributed by atoms with van der Waals surface area (Å²) in [7, 11) is 0. The Bertz CT molecular complexity index is 165. The fraction of sp³-hybridized carbons (Fsp3) is 1.00. The first-order chi connectivity index (χ1) is 6.84. The lowest BCUT2D eigenvalue weighted by Crippen LogP contribution is -2.45. The van der Waals surface area contributed by atoms with E-state index in [-0.39, 0.29) is 6.29 Å². The van der Waals surface area contributed by atoms with E-state index >= 15 is 0 Å². The molecule has 0 aromatic carbocycles. The number of hydrogen-bond acceptors (Lipinski definition) is 2. The van der Waals surface area contributed by atoms with Gasteiger partial charge in [-0.15, -0.1) is 0 Å². The molecule has 0 amide bonds. The molecule has 1 heterocycles. The van der Waals surface area contributed by atoms with Crippen molar-refractivity contribution in [2.75, 3.05) is 0 Å². The molecule has 3 aliphatic carbocycles. The van der Waals surface area contributed by atoms with Crippen molar-refractivity contribution in [2.24, 2.45) is 11.8 Å². The molecule has 0 aromatic heterocycles.